The van der Waals surface area contributed by atoms with Crippen LogP contribution < -0.4 is 0 Å². The number of allylic oxidation sites excluding steroid dienone is 4. The maximum Gasteiger partial charge on any atom is 0.0400 e. The van der Waals surface area contributed by atoms with Crippen molar-refractivity contribution >= 4 is 0 Å². The zero-order chi connectivity index (χ0) is 14.4. The summed E-state index contributed by atoms with van der Waals surface area (Å²) >= 11 is 0. The van der Waals surface area contributed by atoms with Gasteiger partial charge in [-0.3, -0.25) is 0 Å². The number of hydrogen-bond acceptors (Lipinski definition) is 0. The number of hydrogen-bond donors (Lipinski definition) is 0. The second-order valence-electron chi connectivity index (χ2n) is 6.40. The Morgan fingerprint density at radius 3 is 2.05 bits per heavy atom. The molecule has 2 aliphatic carbocycles. The molecule has 0 bridgehead atoms. The van der Waals surface area contributed by atoms with Gasteiger partial charge in [-0.15, -0.1) is 0 Å². The Kier molecular flexibility index (Phi) is 2.68. The lowest BCUT2D eigenvalue weighted by atomic mass is 9.74. The van der Waals surface area contributed by atoms with Crippen molar-refractivity contribution in [2.45, 2.75) is 32.1 Å². The average molecular weight is 272 g/mol. The fraction of sp³-hybridized carbons (Fsp3) is 0.238. The summed E-state index contributed by atoms with van der Waals surface area (Å²) in [6.07, 6.45) is 11.4. The molecule has 0 atom stereocenters. The van der Waals surface area contributed by atoms with Gasteiger partial charge in [0.05, 0.1) is 0 Å². The van der Waals surface area contributed by atoms with Crippen LogP contribution in [0.5, 0.6) is 0 Å². The molecule has 0 radical (unpaired) electrons. The third-order valence-electron chi connectivity index (χ3n) is 4.93. The lowest BCUT2D eigenvalue weighted by Gasteiger charge is -2.28. The summed E-state index contributed by atoms with van der Waals surface area (Å²) in [4.78, 5) is 0. The van der Waals surface area contributed by atoms with Gasteiger partial charge in [-0.2, -0.15) is 0 Å². The van der Waals surface area contributed by atoms with Crippen LogP contribution in [-0.2, 0) is 5.41 Å². The van der Waals surface area contributed by atoms with Crippen molar-refractivity contribution in [2.75, 3.05) is 0 Å². The molecule has 0 aromatic heterocycles. The van der Waals surface area contributed by atoms with E-state index >= 15 is 0 Å². The molecule has 2 aliphatic rings. The summed E-state index contributed by atoms with van der Waals surface area (Å²) < 4.78 is 0. The monoisotopic (exact) mass is 272 g/mol. The Labute approximate surface area is 126 Å². The van der Waals surface area contributed by atoms with Crippen molar-refractivity contribution in [3.05, 3.63) is 83.0 Å². The van der Waals surface area contributed by atoms with Crippen molar-refractivity contribution < 1.29 is 0 Å². The molecule has 0 heteroatoms. The van der Waals surface area contributed by atoms with Gasteiger partial charge >= 0.3 is 0 Å². The first-order valence-electron chi connectivity index (χ1n) is 7.78. The Morgan fingerprint density at radius 2 is 1.43 bits per heavy atom. The van der Waals surface area contributed by atoms with Gasteiger partial charge in [0.1, 0.15) is 0 Å². The van der Waals surface area contributed by atoms with Crippen molar-refractivity contribution in [3.63, 3.8) is 0 Å². The molecule has 0 N–H and O–H groups in total. The van der Waals surface area contributed by atoms with Crippen LogP contribution in [-0.4, -0.2) is 0 Å². The van der Waals surface area contributed by atoms with E-state index in [1.165, 1.54) is 33.4 Å². The maximum atomic E-state index is 2.42. The summed E-state index contributed by atoms with van der Waals surface area (Å²) in [5, 5.41) is 0. The van der Waals surface area contributed by atoms with Gasteiger partial charge in [0, 0.05) is 5.41 Å². The highest BCUT2D eigenvalue weighted by Gasteiger charge is 2.40. The molecule has 1 spiro atoms. The normalized spacial score (nSPS) is 17.6. The highest BCUT2D eigenvalue weighted by molar-refractivity contribution is 5.83. The van der Waals surface area contributed by atoms with E-state index in [0.717, 1.165) is 12.8 Å². The summed E-state index contributed by atoms with van der Waals surface area (Å²) in [5.74, 6) is 0. The van der Waals surface area contributed by atoms with E-state index in [4.69, 9.17) is 0 Å². The van der Waals surface area contributed by atoms with Gasteiger partial charge in [0.25, 0.3) is 0 Å². The van der Waals surface area contributed by atoms with E-state index in [9.17, 15) is 0 Å². The Hall–Kier alpha value is -2.08. The van der Waals surface area contributed by atoms with Crippen LogP contribution in [0.15, 0.2) is 60.7 Å². The van der Waals surface area contributed by atoms with Crippen molar-refractivity contribution in [2.24, 2.45) is 0 Å². The third kappa shape index (κ3) is 1.75. The first-order valence-corrected chi connectivity index (χ1v) is 7.78. The van der Waals surface area contributed by atoms with Crippen LogP contribution in [0, 0.1) is 13.8 Å². The first-order chi connectivity index (χ1) is 10.2. The molecule has 0 heterocycles. The lowest BCUT2D eigenvalue weighted by Crippen LogP contribution is -2.22. The summed E-state index contributed by atoms with van der Waals surface area (Å²) in [7, 11) is 0. The maximum absolute atomic E-state index is 2.42. The fourth-order valence-electron chi connectivity index (χ4n) is 3.91. The number of benzene rings is 2. The molecule has 2 aromatic rings. The minimum Gasteiger partial charge on any atom is -0.0845 e. The van der Waals surface area contributed by atoms with E-state index in [1.807, 2.05) is 0 Å². The minimum atomic E-state index is 0.0617. The molecule has 104 valence electrons. The molecule has 0 unspecified atom stereocenters. The zero-order valence-corrected chi connectivity index (χ0v) is 12.7. The van der Waals surface area contributed by atoms with Crippen LogP contribution >= 0.6 is 0 Å². The molecule has 0 aliphatic heterocycles. The minimum absolute atomic E-state index is 0.0617. The SMILES string of the molecule is Cc1ccc2c(c1)C1(C=CC=CCC1)c1cc(C)ccc1-2. The van der Waals surface area contributed by atoms with Gasteiger partial charge in [0.2, 0.25) is 0 Å². The molecule has 0 nitrogen and oxygen atoms in total. The lowest BCUT2D eigenvalue weighted by molar-refractivity contribution is 0.604. The molecule has 0 saturated heterocycles. The quantitative estimate of drug-likeness (QED) is 0.596. The topological polar surface area (TPSA) is 0 Å². The highest BCUT2D eigenvalue weighted by atomic mass is 14.4. The molecule has 21 heavy (non-hydrogen) atoms. The standard InChI is InChI=1S/C21H20/c1-15-7-9-17-18-10-8-16(2)14-20(18)21(19(17)13-15)11-5-3-4-6-12-21/h3-5,7-11,13-14H,6,12H2,1-2H3. The number of fused-ring (bicyclic) bond motifs is 5. The van der Waals surface area contributed by atoms with Crippen molar-refractivity contribution in [3.8, 4) is 11.1 Å². The second-order valence-corrected chi connectivity index (χ2v) is 6.40. The summed E-state index contributed by atoms with van der Waals surface area (Å²) in [5.41, 5.74) is 8.58. The third-order valence-corrected chi connectivity index (χ3v) is 4.93. The van der Waals surface area contributed by atoms with E-state index < -0.39 is 0 Å². The van der Waals surface area contributed by atoms with Crippen LogP contribution in [0.25, 0.3) is 11.1 Å². The summed E-state index contributed by atoms with van der Waals surface area (Å²) in [6.45, 7) is 4.39. The second kappa shape index (κ2) is 4.46. The van der Waals surface area contributed by atoms with E-state index in [0.29, 0.717) is 0 Å². The van der Waals surface area contributed by atoms with Gasteiger partial charge in [0.15, 0.2) is 0 Å². The van der Waals surface area contributed by atoms with Gasteiger partial charge in [-0.05, 0) is 48.9 Å². The van der Waals surface area contributed by atoms with Crippen LogP contribution in [0.4, 0.5) is 0 Å². The predicted molar refractivity (Wildman–Crippen MR) is 89.6 cm³/mol. The van der Waals surface area contributed by atoms with Gasteiger partial charge in [-0.25, -0.2) is 0 Å². The predicted octanol–water partition coefficient (Wildman–Crippen LogP) is 5.48. The van der Waals surface area contributed by atoms with Crippen molar-refractivity contribution in [1.29, 1.82) is 0 Å². The first kappa shape index (κ1) is 12.6. The van der Waals surface area contributed by atoms with Crippen LogP contribution in [0.2, 0.25) is 0 Å². The number of aryl methyl sites for hydroxylation is 2. The molecule has 0 fully saturated rings. The smallest absolute Gasteiger partial charge is 0.0400 e. The van der Waals surface area contributed by atoms with Crippen molar-refractivity contribution in [1.82, 2.24) is 0 Å². The van der Waals surface area contributed by atoms with E-state index in [1.54, 1.807) is 0 Å². The van der Waals surface area contributed by atoms with Crippen LogP contribution in [0.3, 0.4) is 0 Å². The fourth-order valence-corrected chi connectivity index (χ4v) is 3.91. The molecular weight excluding hydrogens is 252 g/mol. The Bertz CT molecular complexity index is 723. The average Bonchev–Trinajstić information content (AvgIpc) is 2.65. The molecule has 0 amide bonds. The Morgan fingerprint density at radius 1 is 0.810 bits per heavy atom. The molecular formula is C21H20. The van der Waals surface area contributed by atoms with Crippen LogP contribution in [0.1, 0.15) is 35.1 Å². The summed E-state index contributed by atoms with van der Waals surface area (Å²) in [6, 6.07) is 13.9. The largest absolute Gasteiger partial charge is 0.0845 e. The highest BCUT2D eigenvalue weighted by Crippen LogP contribution is 2.53. The van der Waals surface area contributed by atoms with Gasteiger partial charge in [-0.1, -0.05) is 71.8 Å². The number of rotatable bonds is 0. The molecule has 0 saturated carbocycles. The molecule has 4 rings (SSSR count). The zero-order valence-electron chi connectivity index (χ0n) is 12.7. The van der Waals surface area contributed by atoms with Gasteiger partial charge < -0.3 is 0 Å². The molecule has 2 aromatic carbocycles. The van der Waals surface area contributed by atoms with E-state index in [-0.39, 0.29) is 5.41 Å². The Balaban J connectivity index is 2.07. The van der Waals surface area contributed by atoms with E-state index in [2.05, 4.69) is 74.5 Å².